The zero-order valence-corrected chi connectivity index (χ0v) is 12.2. The van der Waals surface area contributed by atoms with Gasteiger partial charge in [-0.2, -0.15) is 0 Å². The molecule has 1 heterocycles. The molecule has 2 rings (SSSR count). The van der Waals surface area contributed by atoms with Crippen LogP contribution < -0.4 is 4.59 Å². The molecule has 1 nitrogen and oxygen atoms in total. The normalized spacial score (nSPS) is 9.33. The molecule has 0 fully saturated rings. The van der Waals surface area contributed by atoms with Gasteiger partial charge in [0.15, 0.2) is 0 Å². The monoisotopic (exact) mass is 439 g/mol. The van der Waals surface area contributed by atoms with Crippen LogP contribution in [0.2, 0.25) is 0 Å². The Morgan fingerprint density at radius 1 is 1.13 bits per heavy atom. The summed E-state index contributed by atoms with van der Waals surface area (Å²) in [5, 5.41) is 0. The number of nitrogens with zero attached hydrogens (tertiary/aromatic N) is 1. The van der Waals surface area contributed by atoms with Crippen molar-refractivity contribution in [1.82, 2.24) is 4.98 Å². The molecule has 0 aliphatic heterocycles. The van der Waals surface area contributed by atoms with E-state index < -0.39 is 0 Å². The van der Waals surface area contributed by atoms with E-state index in [1.807, 2.05) is 36.4 Å². The third-order valence-electron chi connectivity index (χ3n) is 1.93. The average molecular weight is 436 g/mol. The summed E-state index contributed by atoms with van der Waals surface area (Å²) >= 11 is 2.91. The van der Waals surface area contributed by atoms with Crippen molar-refractivity contribution in [3.63, 3.8) is 0 Å². The second-order valence-corrected chi connectivity index (χ2v) is 3.91. The molecule has 0 atom stereocenters. The van der Waals surface area contributed by atoms with E-state index >= 15 is 0 Å². The van der Waals surface area contributed by atoms with Gasteiger partial charge in [-0.15, -0.1) is 0 Å². The van der Waals surface area contributed by atoms with Crippen molar-refractivity contribution in [2.45, 2.75) is 6.42 Å². The van der Waals surface area contributed by atoms with Crippen LogP contribution in [0, 0.1) is 6.07 Å². The molecule has 76 valence electrons. The summed E-state index contributed by atoms with van der Waals surface area (Å²) in [6.45, 7) is 0. The molecule has 0 amide bonds. The number of pyridine rings is 1. The van der Waals surface area contributed by atoms with Crippen molar-refractivity contribution in [3.05, 3.63) is 59.8 Å². The van der Waals surface area contributed by atoms with E-state index in [1.165, 1.54) is 5.56 Å². The molecule has 0 saturated carbocycles. The summed E-state index contributed by atoms with van der Waals surface area (Å²) in [6, 6.07) is 17.2. The Labute approximate surface area is 111 Å². The first-order valence-electron chi connectivity index (χ1n) is 4.43. The molecule has 0 unspecified atom stereocenters. The topological polar surface area (TPSA) is 12.9 Å². The van der Waals surface area contributed by atoms with Crippen LogP contribution in [-0.4, -0.2) is 21.0 Å². The standard InChI is InChI=1S/C12H9NSe.Os/c14-12-8-4-7-11(13-12)9-10-5-2-1-3-6-10;/h1-5,7-8H,9H2;/q-1;+1. The van der Waals surface area contributed by atoms with Crippen LogP contribution in [0.15, 0.2) is 42.5 Å². The minimum absolute atomic E-state index is 0. The predicted molar refractivity (Wildman–Crippen MR) is 57.7 cm³/mol. The minimum atomic E-state index is 0. The van der Waals surface area contributed by atoms with Crippen LogP contribution in [0.3, 0.4) is 0 Å². The average Bonchev–Trinajstić information content (AvgIpc) is 2.19. The predicted octanol–water partition coefficient (Wildman–Crippen LogP) is 1.26. The molecule has 0 N–H and O–H groups in total. The van der Waals surface area contributed by atoms with Crippen LogP contribution in [0.25, 0.3) is 0 Å². The number of benzene rings is 1. The Morgan fingerprint density at radius 2 is 2.00 bits per heavy atom. The van der Waals surface area contributed by atoms with Gasteiger partial charge in [0.2, 0.25) is 0 Å². The van der Waals surface area contributed by atoms with Crippen molar-refractivity contribution < 1.29 is 19.8 Å². The van der Waals surface area contributed by atoms with Gasteiger partial charge < -0.3 is 0 Å². The molecule has 2 aromatic rings. The Hall–Kier alpha value is -0.474. The van der Waals surface area contributed by atoms with Crippen molar-refractivity contribution in [2.75, 3.05) is 0 Å². The maximum absolute atomic E-state index is 4.39. The first-order valence-corrected chi connectivity index (χ1v) is 5.29. The van der Waals surface area contributed by atoms with Gasteiger partial charge in [-0.05, 0) is 0 Å². The van der Waals surface area contributed by atoms with Gasteiger partial charge in [0, 0.05) is 0 Å². The van der Waals surface area contributed by atoms with Gasteiger partial charge in [-0.1, -0.05) is 0 Å². The summed E-state index contributed by atoms with van der Waals surface area (Å²) in [7, 11) is 0. The quantitative estimate of drug-likeness (QED) is 0.511. The molecule has 1 aromatic carbocycles. The Balaban J connectivity index is 0.00000112. The molecular formula is C12H9NOsSe. The summed E-state index contributed by atoms with van der Waals surface area (Å²) in [6.07, 6.45) is 0.844. The molecule has 1 aromatic heterocycles. The van der Waals surface area contributed by atoms with Crippen LogP contribution in [0.4, 0.5) is 0 Å². The van der Waals surface area contributed by atoms with Gasteiger partial charge in [0.25, 0.3) is 0 Å². The van der Waals surface area contributed by atoms with Crippen molar-refractivity contribution >= 4 is 20.6 Å². The maximum atomic E-state index is 4.39. The second kappa shape index (κ2) is 6.18. The first kappa shape index (κ1) is 12.6. The molecule has 0 aliphatic carbocycles. The van der Waals surface area contributed by atoms with Gasteiger partial charge in [-0.25, -0.2) is 0 Å². The van der Waals surface area contributed by atoms with Crippen LogP contribution in [0.1, 0.15) is 11.3 Å². The summed E-state index contributed by atoms with van der Waals surface area (Å²) < 4.78 is 0.943. The fraction of sp³-hybridized carbons (Fsp3) is 0.0833. The van der Waals surface area contributed by atoms with E-state index in [1.54, 1.807) is 0 Å². The third kappa shape index (κ3) is 3.88. The van der Waals surface area contributed by atoms with E-state index in [4.69, 9.17) is 0 Å². The molecule has 0 spiro atoms. The van der Waals surface area contributed by atoms with Crippen molar-refractivity contribution in [3.8, 4) is 0 Å². The number of hydrogen-bond acceptors (Lipinski definition) is 1. The molecule has 0 aliphatic rings. The van der Waals surface area contributed by atoms with Crippen LogP contribution >= 0.6 is 0 Å². The number of hydrogen-bond donors (Lipinski definition) is 0. The summed E-state index contributed by atoms with van der Waals surface area (Å²) in [5.74, 6) is 0. The number of rotatable bonds is 2. The van der Waals surface area contributed by atoms with E-state index in [9.17, 15) is 0 Å². The van der Waals surface area contributed by atoms with Gasteiger partial charge in [-0.3, -0.25) is 0 Å². The summed E-state index contributed by atoms with van der Waals surface area (Å²) in [4.78, 5) is 4.39. The molecule has 0 bridgehead atoms. The molecule has 3 heteroatoms. The second-order valence-electron chi connectivity index (χ2n) is 3.03. The fourth-order valence-electron chi connectivity index (χ4n) is 1.29. The van der Waals surface area contributed by atoms with E-state index in [2.05, 4.69) is 33.1 Å². The van der Waals surface area contributed by atoms with Crippen LogP contribution in [-0.2, 0) is 26.2 Å². The fourth-order valence-corrected chi connectivity index (χ4v) is 1.70. The van der Waals surface area contributed by atoms with Crippen LogP contribution in [0.5, 0.6) is 0 Å². The zero-order chi connectivity index (χ0) is 9.80. The van der Waals surface area contributed by atoms with Gasteiger partial charge >= 0.3 is 112 Å². The summed E-state index contributed by atoms with van der Waals surface area (Å²) in [5.41, 5.74) is 2.24. The van der Waals surface area contributed by atoms with E-state index in [0.29, 0.717) is 0 Å². The third-order valence-corrected chi connectivity index (χ3v) is 2.40. The van der Waals surface area contributed by atoms with Crippen molar-refractivity contribution in [2.24, 2.45) is 0 Å². The van der Waals surface area contributed by atoms with Gasteiger partial charge in [0.05, 0.1) is 0 Å². The van der Waals surface area contributed by atoms with Crippen molar-refractivity contribution in [1.29, 1.82) is 0 Å². The number of aromatic nitrogens is 1. The van der Waals surface area contributed by atoms with Gasteiger partial charge in [0.1, 0.15) is 0 Å². The molecule has 2 radical (unpaired) electrons. The SMILES string of the molecule is [Os+].[Se]c1cccc(Cc2[c-]cccc2)n1. The first-order chi connectivity index (χ1) is 6.84. The Morgan fingerprint density at radius 3 is 2.67 bits per heavy atom. The Bertz CT molecular complexity index is 417. The Kier molecular flexibility index (Phi) is 5.19. The zero-order valence-electron chi connectivity index (χ0n) is 7.96. The molecule has 0 saturated heterocycles. The molecular weight excluding hydrogens is 427 g/mol. The van der Waals surface area contributed by atoms with E-state index in [-0.39, 0.29) is 19.8 Å². The molecule has 15 heavy (non-hydrogen) atoms. The van der Waals surface area contributed by atoms with E-state index in [0.717, 1.165) is 16.7 Å².